The second kappa shape index (κ2) is 6.96. The Morgan fingerprint density at radius 1 is 0.810 bits per heavy atom. The van der Waals surface area contributed by atoms with Gasteiger partial charge in [0.15, 0.2) is 0 Å². The molecule has 1 aromatic rings. The van der Waals surface area contributed by atoms with E-state index in [1.54, 1.807) is 5.56 Å². The molecule has 0 heterocycles. The Kier molecular flexibility index (Phi) is 5.00. The van der Waals surface area contributed by atoms with Gasteiger partial charge in [-0.3, -0.25) is 0 Å². The topological polar surface area (TPSA) is 26.0 Å². The maximum Gasteiger partial charge on any atom is 0.00755 e. The molecule has 0 spiro atoms. The highest BCUT2D eigenvalue weighted by atomic mass is 14.6. The van der Waals surface area contributed by atoms with Gasteiger partial charge in [0.1, 0.15) is 0 Å². The Labute approximate surface area is 130 Å². The molecule has 3 rings (SSSR count). The molecule has 0 bridgehead atoms. The normalized spacial score (nSPS) is 23.7. The molecule has 0 aromatic heterocycles. The van der Waals surface area contributed by atoms with Crippen molar-refractivity contribution in [3.8, 4) is 0 Å². The summed E-state index contributed by atoms with van der Waals surface area (Å²) < 4.78 is 0. The molecule has 21 heavy (non-hydrogen) atoms. The first-order valence-corrected chi connectivity index (χ1v) is 9.15. The van der Waals surface area contributed by atoms with Gasteiger partial charge in [-0.15, -0.1) is 0 Å². The van der Waals surface area contributed by atoms with Gasteiger partial charge in [0.05, 0.1) is 0 Å². The third-order valence-electron chi connectivity index (χ3n) is 6.05. The van der Waals surface area contributed by atoms with E-state index in [1.165, 1.54) is 76.2 Å². The predicted octanol–water partition coefficient (Wildman–Crippen LogP) is 5.29. The molecule has 0 amide bonds. The van der Waals surface area contributed by atoms with Gasteiger partial charge in [0, 0.05) is 12.0 Å². The van der Waals surface area contributed by atoms with Crippen molar-refractivity contribution >= 4 is 0 Å². The molecule has 0 unspecified atom stereocenters. The van der Waals surface area contributed by atoms with Crippen LogP contribution >= 0.6 is 0 Å². The summed E-state index contributed by atoms with van der Waals surface area (Å²) in [4.78, 5) is 0. The molecular formula is C20H31N. The summed E-state index contributed by atoms with van der Waals surface area (Å²) in [5, 5.41) is 0. The third kappa shape index (κ3) is 3.34. The first-order chi connectivity index (χ1) is 10.3. The number of rotatable bonds is 3. The van der Waals surface area contributed by atoms with Gasteiger partial charge in [0.25, 0.3) is 0 Å². The number of benzene rings is 1. The molecule has 0 saturated heterocycles. The van der Waals surface area contributed by atoms with Crippen molar-refractivity contribution in [1.82, 2.24) is 0 Å². The minimum absolute atomic E-state index is 0.278. The van der Waals surface area contributed by atoms with Crippen LogP contribution in [0.4, 0.5) is 0 Å². The molecule has 2 saturated carbocycles. The zero-order valence-corrected chi connectivity index (χ0v) is 13.4. The molecule has 116 valence electrons. The molecule has 2 aliphatic rings. The van der Waals surface area contributed by atoms with Crippen molar-refractivity contribution in [2.75, 3.05) is 6.54 Å². The summed E-state index contributed by atoms with van der Waals surface area (Å²) in [6, 6.07) is 9.63. The number of nitrogens with two attached hydrogens (primary N) is 1. The van der Waals surface area contributed by atoms with Crippen molar-refractivity contribution in [2.24, 2.45) is 5.73 Å². The lowest BCUT2D eigenvalue weighted by molar-refractivity contribution is 0.300. The van der Waals surface area contributed by atoms with Crippen LogP contribution in [0.1, 0.15) is 87.7 Å². The maximum absolute atomic E-state index is 6.17. The van der Waals surface area contributed by atoms with E-state index in [1.807, 2.05) is 0 Å². The highest BCUT2D eigenvalue weighted by Crippen LogP contribution is 2.39. The average molecular weight is 285 g/mol. The fourth-order valence-electron chi connectivity index (χ4n) is 4.56. The molecule has 1 heteroatoms. The average Bonchev–Trinajstić information content (AvgIpc) is 2.85. The van der Waals surface area contributed by atoms with Crippen molar-refractivity contribution in [1.29, 1.82) is 0 Å². The predicted molar refractivity (Wildman–Crippen MR) is 90.7 cm³/mol. The summed E-state index contributed by atoms with van der Waals surface area (Å²) >= 11 is 0. The van der Waals surface area contributed by atoms with Crippen LogP contribution in [0.25, 0.3) is 0 Å². The van der Waals surface area contributed by atoms with E-state index in [4.69, 9.17) is 5.73 Å². The van der Waals surface area contributed by atoms with Crippen LogP contribution in [0.5, 0.6) is 0 Å². The molecule has 1 aromatic carbocycles. The Hall–Kier alpha value is -0.820. The molecule has 0 atom stereocenters. The fourth-order valence-corrected chi connectivity index (χ4v) is 4.56. The summed E-state index contributed by atoms with van der Waals surface area (Å²) in [6.07, 6.45) is 15.1. The van der Waals surface area contributed by atoms with E-state index in [0.717, 1.165) is 12.5 Å². The van der Waals surface area contributed by atoms with Gasteiger partial charge in [-0.1, -0.05) is 69.2 Å². The molecule has 2 aliphatic carbocycles. The van der Waals surface area contributed by atoms with E-state index in [0.29, 0.717) is 0 Å². The van der Waals surface area contributed by atoms with Crippen LogP contribution < -0.4 is 5.73 Å². The minimum atomic E-state index is 0.278. The van der Waals surface area contributed by atoms with Crippen LogP contribution in [0.15, 0.2) is 24.3 Å². The zero-order valence-electron chi connectivity index (χ0n) is 13.4. The van der Waals surface area contributed by atoms with Crippen LogP contribution in [0, 0.1) is 0 Å². The maximum atomic E-state index is 6.17. The quantitative estimate of drug-likeness (QED) is 0.751. The summed E-state index contributed by atoms with van der Waals surface area (Å²) in [7, 11) is 0. The van der Waals surface area contributed by atoms with E-state index >= 15 is 0 Å². The van der Waals surface area contributed by atoms with Gasteiger partial charge >= 0.3 is 0 Å². The monoisotopic (exact) mass is 285 g/mol. The van der Waals surface area contributed by atoms with Gasteiger partial charge in [0.2, 0.25) is 0 Å². The Balaban J connectivity index is 1.76. The lowest BCUT2D eigenvalue weighted by atomic mass is 9.69. The van der Waals surface area contributed by atoms with E-state index in [9.17, 15) is 0 Å². The molecular weight excluding hydrogens is 254 g/mol. The highest BCUT2D eigenvalue weighted by molar-refractivity contribution is 5.32. The fraction of sp³-hybridized carbons (Fsp3) is 0.700. The highest BCUT2D eigenvalue weighted by Gasteiger charge is 2.32. The summed E-state index contributed by atoms with van der Waals surface area (Å²) in [5.74, 6) is 0.807. The van der Waals surface area contributed by atoms with Crippen molar-refractivity contribution in [3.05, 3.63) is 35.4 Å². The van der Waals surface area contributed by atoms with E-state index in [-0.39, 0.29) is 5.41 Å². The lowest BCUT2D eigenvalue weighted by Gasteiger charge is -2.37. The summed E-state index contributed by atoms with van der Waals surface area (Å²) in [5.41, 5.74) is 9.52. The first kappa shape index (κ1) is 15.1. The number of hydrogen-bond donors (Lipinski definition) is 1. The molecule has 0 radical (unpaired) electrons. The number of hydrogen-bond acceptors (Lipinski definition) is 1. The zero-order chi connectivity index (χ0) is 14.5. The van der Waals surface area contributed by atoms with E-state index in [2.05, 4.69) is 24.3 Å². The molecule has 2 fully saturated rings. The lowest BCUT2D eigenvalue weighted by Crippen LogP contribution is -2.37. The van der Waals surface area contributed by atoms with Gasteiger partial charge < -0.3 is 5.73 Å². The van der Waals surface area contributed by atoms with Crippen molar-refractivity contribution in [3.63, 3.8) is 0 Å². The second-order valence-corrected chi connectivity index (χ2v) is 7.36. The van der Waals surface area contributed by atoms with Crippen molar-refractivity contribution < 1.29 is 0 Å². The Morgan fingerprint density at radius 2 is 1.38 bits per heavy atom. The first-order valence-electron chi connectivity index (χ1n) is 9.15. The molecule has 2 N–H and O–H groups in total. The van der Waals surface area contributed by atoms with Crippen LogP contribution in [-0.4, -0.2) is 6.54 Å². The van der Waals surface area contributed by atoms with Crippen LogP contribution in [-0.2, 0) is 5.41 Å². The third-order valence-corrected chi connectivity index (χ3v) is 6.05. The Morgan fingerprint density at radius 3 is 1.95 bits per heavy atom. The van der Waals surface area contributed by atoms with Crippen LogP contribution in [0.2, 0.25) is 0 Å². The Bertz CT molecular complexity index is 420. The van der Waals surface area contributed by atoms with Gasteiger partial charge in [-0.05, 0) is 42.7 Å². The minimum Gasteiger partial charge on any atom is -0.330 e. The van der Waals surface area contributed by atoms with Crippen LogP contribution in [0.3, 0.4) is 0 Å². The smallest absolute Gasteiger partial charge is 0.00755 e. The molecule has 1 nitrogen and oxygen atoms in total. The van der Waals surface area contributed by atoms with Crippen molar-refractivity contribution in [2.45, 2.75) is 82.0 Å². The SMILES string of the molecule is NCC1(c2ccc(C3CCCCCC3)cc2)CCCCC1. The van der Waals surface area contributed by atoms with Gasteiger partial charge in [-0.25, -0.2) is 0 Å². The standard InChI is InChI=1S/C20H31N/c21-16-20(14-6-3-7-15-20)19-12-10-18(11-13-19)17-8-4-1-2-5-9-17/h10-13,17H,1-9,14-16,21H2. The molecule has 0 aliphatic heterocycles. The van der Waals surface area contributed by atoms with E-state index < -0.39 is 0 Å². The summed E-state index contributed by atoms with van der Waals surface area (Å²) in [6.45, 7) is 0.815. The second-order valence-electron chi connectivity index (χ2n) is 7.36. The van der Waals surface area contributed by atoms with Gasteiger partial charge in [-0.2, -0.15) is 0 Å². The largest absolute Gasteiger partial charge is 0.330 e.